The largest absolute Gasteiger partial charge is 0.487 e. The van der Waals surface area contributed by atoms with Crippen LogP contribution in [0, 0.1) is 17.8 Å². The van der Waals surface area contributed by atoms with Gasteiger partial charge in [0.25, 0.3) is 0 Å². The van der Waals surface area contributed by atoms with Crippen LogP contribution in [-0.2, 0) is 16.6 Å². The summed E-state index contributed by atoms with van der Waals surface area (Å²) in [5.41, 5.74) is 2.44. The van der Waals surface area contributed by atoms with Gasteiger partial charge in [-0.05, 0) is 55.8 Å². The van der Waals surface area contributed by atoms with E-state index in [9.17, 15) is 13.5 Å². The lowest BCUT2D eigenvalue weighted by molar-refractivity contribution is 0.0733. The molecule has 1 aromatic heterocycles. The fourth-order valence-corrected chi connectivity index (χ4v) is 6.19. The third-order valence-electron chi connectivity index (χ3n) is 6.45. The minimum atomic E-state index is -3.90. The van der Waals surface area contributed by atoms with E-state index in [4.69, 9.17) is 4.74 Å². The number of fused-ring (bicyclic) bond motifs is 1. The average Bonchev–Trinajstić information content (AvgIpc) is 2.90. The molecule has 1 aliphatic rings. The third-order valence-corrected chi connectivity index (χ3v) is 8.47. The van der Waals surface area contributed by atoms with E-state index in [0.717, 1.165) is 6.54 Å². The second-order valence-electron chi connectivity index (χ2n) is 9.55. The maximum Gasteiger partial charge on any atom is 0.247 e. The van der Waals surface area contributed by atoms with E-state index in [0.29, 0.717) is 17.8 Å². The van der Waals surface area contributed by atoms with Gasteiger partial charge in [-0.3, -0.25) is 4.90 Å². The van der Waals surface area contributed by atoms with Crippen LogP contribution in [0.1, 0.15) is 30.7 Å². The van der Waals surface area contributed by atoms with Crippen molar-refractivity contribution in [3.63, 3.8) is 0 Å². The van der Waals surface area contributed by atoms with Crippen LogP contribution >= 0.6 is 0 Å². The van der Waals surface area contributed by atoms with Crippen LogP contribution in [0.15, 0.2) is 77.8 Å². The molecule has 0 bridgehead atoms. The Kier molecular flexibility index (Phi) is 8.62. The standard InChI is InChI=1S/C29H33N3O4S/c1-22-18-32(23(2)21-33)37(34,35)29-15-13-24(12-14-26-11-7-8-16-30-26)17-27(29)36-28(22)20-31(3)19-25-9-5-4-6-10-25/h4-11,13,15-17,22-23,28,33H,18-21H2,1-3H3/t22-,23-,28-/m0/s1. The van der Waals surface area contributed by atoms with Gasteiger partial charge >= 0.3 is 0 Å². The SMILES string of the molecule is C[C@H]1CN([C@@H](C)CO)S(=O)(=O)c2ccc(C#Cc3ccccn3)cc2O[C@H]1CN(C)Cc1ccccc1. The van der Waals surface area contributed by atoms with Gasteiger partial charge in [0.05, 0.1) is 6.61 Å². The Bertz CT molecular complexity index is 1350. The van der Waals surface area contributed by atoms with Crippen LogP contribution in [-0.4, -0.2) is 66.6 Å². The topological polar surface area (TPSA) is 83.0 Å². The molecule has 0 amide bonds. The van der Waals surface area contributed by atoms with Gasteiger partial charge in [-0.15, -0.1) is 0 Å². The Morgan fingerprint density at radius 1 is 1.14 bits per heavy atom. The Labute approximate surface area is 219 Å². The molecule has 0 saturated heterocycles. The van der Waals surface area contributed by atoms with E-state index in [1.54, 1.807) is 31.3 Å². The van der Waals surface area contributed by atoms with E-state index in [1.807, 2.05) is 50.4 Å². The first-order valence-electron chi connectivity index (χ1n) is 12.4. The predicted octanol–water partition coefficient (Wildman–Crippen LogP) is 3.38. The Hall–Kier alpha value is -3.22. The normalized spacial score (nSPS) is 20.0. The molecule has 194 valence electrons. The van der Waals surface area contributed by atoms with Gasteiger partial charge in [-0.25, -0.2) is 13.4 Å². The molecule has 2 heterocycles. The number of aliphatic hydroxyl groups excluding tert-OH is 1. The first-order valence-corrected chi connectivity index (χ1v) is 13.8. The van der Waals surface area contributed by atoms with E-state index in [2.05, 4.69) is 33.9 Å². The van der Waals surface area contributed by atoms with E-state index >= 15 is 0 Å². The van der Waals surface area contributed by atoms with Crippen molar-refractivity contribution in [2.24, 2.45) is 5.92 Å². The lowest BCUT2D eigenvalue weighted by Gasteiger charge is -2.37. The number of hydrogen-bond acceptors (Lipinski definition) is 6. The monoisotopic (exact) mass is 519 g/mol. The third kappa shape index (κ3) is 6.56. The molecular weight excluding hydrogens is 486 g/mol. The highest BCUT2D eigenvalue weighted by molar-refractivity contribution is 7.89. The first kappa shape index (κ1) is 26.8. The minimum Gasteiger partial charge on any atom is -0.487 e. The second-order valence-corrected chi connectivity index (χ2v) is 11.4. The molecule has 0 aliphatic carbocycles. The van der Waals surface area contributed by atoms with Crippen LogP contribution in [0.3, 0.4) is 0 Å². The minimum absolute atomic E-state index is 0.0822. The maximum absolute atomic E-state index is 13.7. The Morgan fingerprint density at radius 3 is 2.59 bits per heavy atom. The molecule has 0 unspecified atom stereocenters. The van der Waals surface area contributed by atoms with Crippen LogP contribution < -0.4 is 4.74 Å². The number of likely N-dealkylation sites (N-methyl/N-ethyl adjacent to an activating group) is 1. The van der Waals surface area contributed by atoms with Crippen molar-refractivity contribution in [2.75, 3.05) is 26.7 Å². The summed E-state index contributed by atoms with van der Waals surface area (Å²) < 4.78 is 35.2. The molecule has 7 nitrogen and oxygen atoms in total. The quantitative estimate of drug-likeness (QED) is 0.503. The summed E-state index contributed by atoms with van der Waals surface area (Å²) in [5, 5.41) is 9.84. The Balaban J connectivity index is 1.69. The second kappa shape index (κ2) is 11.9. The molecular formula is C29H33N3O4S. The van der Waals surface area contributed by atoms with Gasteiger partial charge in [0.2, 0.25) is 10.0 Å². The van der Waals surface area contributed by atoms with E-state index in [1.165, 1.54) is 9.87 Å². The summed E-state index contributed by atoms with van der Waals surface area (Å²) in [5.74, 6) is 6.23. The zero-order valence-corrected chi connectivity index (χ0v) is 22.2. The fraction of sp³-hybridized carbons (Fsp3) is 0.345. The molecule has 2 aromatic carbocycles. The van der Waals surface area contributed by atoms with Crippen LogP contribution in [0.25, 0.3) is 0 Å². The molecule has 3 atom stereocenters. The van der Waals surface area contributed by atoms with E-state index in [-0.39, 0.29) is 35.8 Å². The number of hydrogen-bond donors (Lipinski definition) is 1. The molecule has 3 aromatic rings. The van der Waals surface area contributed by atoms with Crippen LogP contribution in [0.4, 0.5) is 0 Å². The average molecular weight is 520 g/mol. The van der Waals surface area contributed by atoms with E-state index < -0.39 is 16.1 Å². The summed E-state index contributed by atoms with van der Waals surface area (Å²) in [6, 6.07) is 20.0. The lowest BCUT2D eigenvalue weighted by Crippen LogP contribution is -2.49. The maximum atomic E-state index is 13.7. The smallest absolute Gasteiger partial charge is 0.247 e. The van der Waals surface area contributed by atoms with Gasteiger partial charge in [-0.2, -0.15) is 4.31 Å². The van der Waals surface area contributed by atoms with Gasteiger partial charge in [0, 0.05) is 43.4 Å². The molecule has 8 heteroatoms. The van der Waals surface area contributed by atoms with Crippen molar-refractivity contribution in [1.82, 2.24) is 14.2 Å². The van der Waals surface area contributed by atoms with Crippen molar-refractivity contribution in [3.05, 3.63) is 89.7 Å². The molecule has 0 spiro atoms. The zero-order valence-electron chi connectivity index (χ0n) is 21.4. The zero-order chi connectivity index (χ0) is 26.4. The molecule has 0 saturated carbocycles. The summed E-state index contributed by atoms with van der Waals surface area (Å²) in [7, 11) is -1.87. The van der Waals surface area contributed by atoms with Crippen molar-refractivity contribution in [1.29, 1.82) is 0 Å². The number of pyridine rings is 1. The lowest BCUT2D eigenvalue weighted by atomic mass is 10.0. The van der Waals surface area contributed by atoms with Gasteiger partial charge in [0.1, 0.15) is 22.4 Å². The van der Waals surface area contributed by atoms with Crippen molar-refractivity contribution < 1.29 is 18.3 Å². The highest BCUT2D eigenvalue weighted by Gasteiger charge is 2.38. The molecule has 1 N–H and O–H groups in total. The Morgan fingerprint density at radius 2 is 1.89 bits per heavy atom. The van der Waals surface area contributed by atoms with Crippen LogP contribution in [0.2, 0.25) is 0 Å². The van der Waals surface area contributed by atoms with Gasteiger partial charge in [0.15, 0.2) is 0 Å². The van der Waals surface area contributed by atoms with Crippen molar-refractivity contribution in [2.45, 2.75) is 37.4 Å². The fourth-order valence-electron chi connectivity index (χ4n) is 4.36. The number of aliphatic hydroxyl groups is 1. The summed E-state index contributed by atoms with van der Waals surface area (Å²) in [6.07, 6.45) is 1.39. The van der Waals surface area contributed by atoms with Crippen molar-refractivity contribution >= 4 is 10.0 Å². The van der Waals surface area contributed by atoms with Gasteiger partial charge < -0.3 is 9.84 Å². The number of sulfonamides is 1. The van der Waals surface area contributed by atoms with Gasteiger partial charge in [-0.1, -0.05) is 49.2 Å². The highest BCUT2D eigenvalue weighted by Crippen LogP contribution is 2.34. The number of rotatable bonds is 6. The molecule has 1 aliphatic heterocycles. The molecule has 37 heavy (non-hydrogen) atoms. The summed E-state index contributed by atoms with van der Waals surface area (Å²) in [6.45, 7) is 5.02. The van der Waals surface area contributed by atoms with Crippen LogP contribution in [0.5, 0.6) is 5.75 Å². The number of benzene rings is 2. The summed E-state index contributed by atoms with van der Waals surface area (Å²) >= 11 is 0. The first-order chi connectivity index (χ1) is 17.8. The number of aromatic nitrogens is 1. The number of nitrogens with zero attached hydrogens (tertiary/aromatic N) is 3. The molecule has 0 radical (unpaired) electrons. The number of ether oxygens (including phenoxy) is 1. The molecule has 4 rings (SSSR count). The van der Waals surface area contributed by atoms with Crippen molar-refractivity contribution in [3.8, 4) is 17.6 Å². The summed E-state index contributed by atoms with van der Waals surface area (Å²) in [4.78, 5) is 6.48. The molecule has 0 fully saturated rings. The predicted molar refractivity (Wildman–Crippen MR) is 143 cm³/mol. The highest BCUT2D eigenvalue weighted by atomic mass is 32.2.